The van der Waals surface area contributed by atoms with E-state index in [1.165, 1.54) is 35.3 Å². The molecule has 0 atom stereocenters. The van der Waals surface area contributed by atoms with Crippen LogP contribution in [0.15, 0.2) is 41.2 Å². The lowest BCUT2D eigenvalue weighted by atomic mass is 10.0. The van der Waals surface area contributed by atoms with Crippen molar-refractivity contribution in [1.29, 1.82) is 5.41 Å². The Morgan fingerprint density at radius 2 is 2.07 bits per heavy atom. The zero-order valence-electron chi connectivity index (χ0n) is 16.0. The van der Waals surface area contributed by atoms with Crippen molar-refractivity contribution in [2.24, 2.45) is 7.05 Å². The van der Waals surface area contributed by atoms with Crippen LogP contribution in [-0.4, -0.2) is 26.6 Å². The molecule has 8 nitrogen and oxygen atoms in total. The van der Waals surface area contributed by atoms with E-state index in [1.807, 2.05) is 0 Å². The van der Waals surface area contributed by atoms with Crippen LogP contribution < -0.4 is 11.1 Å². The van der Waals surface area contributed by atoms with Crippen molar-refractivity contribution in [3.8, 4) is 0 Å². The molecule has 0 fully saturated rings. The summed E-state index contributed by atoms with van der Waals surface area (Å²) in [6, 6.07) is 5.46. The number of nitrogens with two attached hydrogens (primary N) is 1. The number of nitrogens with one attached hydrogen (secondary N) is 2. The summed E-state index contributed by atoms with van der Waals surface area (Å²) in [4.78, 5) is 12.6. The standard InChI is InChI=1S/C20H16F2N6O2.2H2/c1-9-13(8-30-27-9)19(24)11-5-10(3-4-15(11)23)26-20(29)17-14(21)6-16-12(18(17)22)7-25-28(16)2;;/h3-8,24H,23H2,1-2H3,(H,26,29);2*1H. The summed E-state index contributed by atoms with van der Waals surface area (Å²) < 4.78 is 35.4. The number of anilines is 2. The van der Waals surface area contributed by atoms with Gasteiger partial charge in [-0.25, -0.2) is 8.78 Å². The smallest absolute Gasteiger partial charge is 0.261 e. The minimum atomic E-state index is -1.01. The van der Waals surface area contributed by atoms with Gasteiger partial charge in [0, 0.05) is 32.9 Å². The number of aromatic nitrogens is 3. The van der Waals surface area contributed by atoms with Crippen LogP contribution in [0.4, 0.5) is 20.2 Å². The molecule has 30 heavy (non-hydrogen) atoms. The highest BCUT2D eigenvalue weighted by Gasteiger charge is 2.23. The summed E-state index contributed by atoms with van der Waals surface area (Å²) in [6.07, 6.45) is 2.54. The average molecular weight is 414 g/mol. The highest BCUT2D eigenvalue weighted by molar-refractivity contribution is 6.15. The monoisotopic (exact) mass is 414 g/mol. The normalized spacial score (nSPS) is 11.1. The largest absolute Gasteiger partial charge is 0.398 e. The molecule has 0 aliphatic carbocycles. The van der Waals surface area contributed by atoms with Crippen LogP contribution in [0, 0.1) is 24.0 Å². The number of hydrogen-bond acceptors (Lipinski definition) is 6. The van der Waals surface area contributed by atoms with Crippen LogP contribution >= 0.6 is 0 Å². The summed E-state index contributed by atoms with van der Waals surface area (Å²) in [5, 5.41) is 18.5. The third-order valence-corrected chi connectivity index (χ3v) is 4.77. The van der Waals surface area contributed by atoms with Gasteiger partial charge < -0.3 is 15.6 Å². The molecule has 0 saturated heterocycles. The minimum absolute atomic E-state index is 0. The lowest BCUT2D eigenvalue weighted by Crippen LogP contribution is -2.17. The molecule has 0 aliphatic rings. The summed E-state index contributed by atoms with van der Waals surface area (Å²) in [7, 11) is 1.54. The average Bonchev–Trinajstić information content (AvgIpc) is 3.29. The second-order valence-electron chi connectivity index (χ2n) is 6.69. The molecule has 4 rings (SSSR count). The molecule has 0 unspecified atom stereocenters. The number of nitrogens with zero attached hydrogens (tertiary/aromatic N) is 3. The van der Waals surface area contributed by atoms with Gasteiger partial charge in [0.25, 0.3) is 5.91 Å². The maximum atomic E-state index is 14.8. The summed E-state index contributed by atoms with van der Waals surface area (Å²) in [6.45, 7) is 1.68. The van der Waals surface area contributed by atoms with E-state index in [0.29, 0.717) is 16.8 Å². The Bertz CT molecular complexity index is 1340. The Morgan fingerprint density at radius 1 is 1.30 bits per heavy atom. The summed E-state index contributed by atoms with van der Waals surface area (Å²) in [5.41, 5.74) is 7.26. The number of hydrogen-bond donors (Lipinski definition) is 3. The first-order valence-electron chi connectivity index (χ1n) is 8.78. The van der Waals surface area contributed by atoms with Gasteiger partial charge in [-0.15, -0.1) is 0 Å². The molecule has 10 heteroatoms. The maximum absolute atomic E-state index is 14.8. The second-order valence-corrected chi connectivity index (χ2v) is 6.69. The molecular formula is C20H20F2N6O2. The molecule has 4 aromatic rings. The molecular weight excluding hydrogens is 394 g/mol. The fourth-order valence-electron chi connectivity index (χ4n) is 3.15. The molecule has 156 valence electrons. The van der Waals surface area contributed by atoms with Crippen molar-refractivity contribution in [1.82, 2.24) is 14.9 Å². The predicted molar refractivity (Wildman–Crippen MR) is 111 cm³/mol. The lowest BCUT2D eigenvalue weighted by molar-refractivity contribution is 0.101. The van der Waals surface area contributed by atoms with Gasteiger partial charge in [-0.3, -0.25) is 14.9 Å². The van der Waals surface area contributed by atoms with E-state index in [9.17, 15) is 13.6 Å². The quantitative estimate of drug-likeness (QED) is 0.345. The Balaban J connectivity index is 0.00000181. The zero-order chi connectivity index (χ0) is 21.6. The number of carbonyl (C=O) groups is 1. The SMILES string of the molecule is Cc1nocc1C(=N)c1cc(NC(=O)c2c(F)cc3c(cnn3C)c2F)ccc1N.[HH].[HH]. The Morgan fingerprint density at radius 3 is 2.77 bits per heavy atom. The topological polar surface area (TPSA) is 123 Å². The highest BCUT2D eigenvalue weighted by atomic mass is 19.1. The van der Waals surface area contributed by atoms with Gasteiger partial charge >= 0.3 is 0 Å². The molecule has 2 aromatic heterocycles. The molecule has 2 aromatic carbocycles. The van der Waals surface area contributed by atoms with Crippen molar-refractivity contribution in [2.45, 2.75) is 6.92 Å². The molecule has 1 amide bonds. The van der Waals surface area contributed by atoms with Gasteiger partial charge in [-0.2, -0.15) is 5.10 Å². The van der Waals surface area contributed by atoms with Gasteiger partial charge in [-0.1, -0.05) is 5.16 Å². The van der Waals surface area contributed by atoms with Gasteiger partial charge in [0.1, 0.15) is 23.5 Å². The van der Waals surface area contributed by atoms with Gasteiger partial charge in [-0.05, 0) is 25.1 Å². The van der Waals surface area contributed by atoms with E-state index in [1.54, 1.807) is 14.0 Å². The Labute approximate surface area is 171 Å². The molecule has 0 bridgehead atoms. The van der Waals surface area contributed by atoms with E-state index in [2.05, 4.69) is 15.6 Å². The summed E-state index contributed by atoms with van der Waals surface area (Å²) in [5.74, 6) is -2.98. The molecule has 0 saturated carbocycles. The van der Waals surface area contributed by atoms with Crippen molar-refractivity contribution in [2.75, 3.05) is 11.1 Å². The molecule has 0 radical (unpaired) electrons. The van der Waals surface area contributed by atoms with Crippen LogP contribution in [0.2, 0.25) is 0 Å². The number of halogens is 2. The van der Waals surface area contributed by atoms with Gasteiger partial charge in [0.2, 0.25) is 0 Å². The summed E-state index contributed by atoms with van der Waals surface area (Å²) >= 11 is 0. The second kappa shape index (κ2) is 7.07. The number of nitrogen functional groups attached to an aromatic ring is 1. The minimum Gasteiger partial charge on any atom is -0.398 e. The fourth-order valence-corrected chi connectivity index (χ4v) is 3.15. The van der Waals surface area contributed by atoms with Crippen LogP contribution in [-0.2, 0) is 7.05 Å². The number of benzene rings is 2. The number of rotatable bonds is 4. The first-order chi connectivity index (χ1) is 14.3. The van der Waals surface area contributed by atoms with Crippen molar-refractivity contribution in [3.05, 3.63) is 70.7 Å². The van der Waals surface area contributed by atoms with Crippen molar-refractivity contribution in [3.63, 3.8) is 0 Å². The van der Waals surface area contributed by atoms with Crippen molar-refractivity contribution >= 4 is 33.9 Å². The van der Waals surface area contributed by atoms with Crippen molar-refractivity contribution < 1.29 is 21.0 Å². The molecule has 0 spiro atoms. The van der Waals surface area contributed by atoms with Gasteiger partial charge in [0.05, 0.1) is 34.1 Å². The number of amides is 1. The number of aryl methyl sites for hydroxylation is 2. The Kier molecular flexibility index (Phi) is 4.53. The third kappa shape index (κ3) is 3.08. The lowest BCUT2D eigenvalue weighted by Gasteiger charge is -2.12. The van der Waals surface area contributed by atoms with Crippen LogP contribution in [0.1, 0.15) is 30.0 Å². The molecule has 4 N–H and O–H groups in total. The maximum Gasteiger partial charge on any atom is 0.261 e. The third-order valence-electron chi connectivity index (χ3n) is 4.77. The van der Waals surface area contributed by atoms with Gasteiger partial charge in [0.15, 0.2) is 0 Å². The van der Waals surface area contributed by atoms with E-state index >= 15 is 0 Å². The van der Waals surface area contributed by atoms with Crippen LogP contribution in [0.25, 0.3) is 10.9 Å². The molecule has 0 aliphatic heterocycles. The molecule has 2 heterocycles. The van der Waals surface area contributed by atoms with E-state index in [4.69, 9.17) is 15.7 Å². The fraction of sp³-hybridized carbons (Fsp3) is 0.100. The predicted octanol–water partition coefficient (Wildman–Crippen LogP) is 3.89. The Hall–Kier alpha value is -4.08. The first kappa shape index (κ1) is 19.2. The first-order valence-corrected chi connectivity index (χ1v) is 8.78. The van der Waals surface area contributed by atoms with E-state index < -0.39 is 23.1 Å². The number of carbonyl (C=O) groups excluding carboxylic acids is 1. The van der Waals surface area contributed by atoms with E-state index in [0.717, 1.165) is 6.07 Å². The van der Waals surface area contributed by atoms with Crippen LogP contribution in [0.5, 0.6) is 0 Å². The van der Waals surface area contributed by atoms with E-state index in [-0.39, 0.29) is 30.8 Å². The highest BCUT2D eigenvalue weighted by Crippen LogP contribution is 2.26. The zero-order valence-corrected chi connectivity index (χ0v) is 16.0. The van der Waals surface area contributed by atoms with Crippen LogP contribution in [0.3, 0.4) is 0 Å². The number of fused-ring (bicyclic) bond motifs is 1.